The number of rotatable bonds is 3. The lowest BCUT2D eigenvalue weighted by molar-refractivity contribution is 0.578. The monoisotopic (exact) mass is 225 g/mol. The lowest BCUT2D eigenvalue weighted by Gasteiger charge is -2.11. The van der Waals surface area contributed by atoms with E-state index in [4.69, 9.17) is 0 Å². The molecule has 1 aliphatic rings. The van der Waals surface area contributed by atoms with E-state index in [1.54, 1.807) is 6.07 Å². The zero-order chi connectivity index (χ0) is 10.7. The molecule has 1 aliphatic carbocycles. The molecule has 1 fully saturated rings. The number of halogens is 1. The first-order valence-corrected chi connectivity index (χ1v) is 5.93. The van der Waals surface area contributed by atoms with Crippen LogP contribution >= 0.6 is 12.6 Å². The van der Waals surface area contributed by atoms with Gasteiger partial charge in [0.1, 0.15) is 5.82 Å². The van der Waals surface area contributed by atoms with E-state index < -0.39 is 0 Å². The van der Waals surface area contributed by atoms with Crippen LogP contribution in [0.2, 0.25) is 0 Å². The summed E-state index contributed by atoms with van der Waals surface area (Å²) in [4.78, 5) is 0.404. The lowest BCUT2D eigenvalue weighted by atomic mass is 10.1. The van der Waals surface area contributed by atoms with E-state index >= 15 is 0 Å². The number of anilines is 1. The summed E-state index contributed by atoms with van der Waals surface area (Å²) in [5.74, 6) is 0.512. The molecule has 0 unspecified atom stereocenters. The number of hydrogen-bond donors (Lipinski definition) is 2. The summed E-state index contributed by atoms with van der Waals surface area (Å²) in [6.45, 7) is 0.964. The molecule has 1 N–H and O–H groups in total. The summed E-state index contributed by atoms with van der Waals surface area (Å²) in [5.41, 5.74) is 0.859. The fourth-order valence-electron chi connectivity index (χ4n) is 2.09. The summed E-state index contributed by atoms with van der Waals surface area (Å²) in [6.07, 6.45) is 5.30. The van der Waals surface area contributed by atoms with Crippen LogP contribution in [0.3, 0.4) is 0 Å². The highest BCUT2D eigenvalue weighted by Crippen LogP contribution is 2.25. The van der Waals surface area contributed by atoms with Crippen molar-refractivity contribution in [3.8, 4) is 0 Å². The molecule has 1 aromatic carbocycles. The van der Waals surface area contributed by atoms with Crippen LogP contribution in [0.15, 0.2) is 23.1 Å². The molecule has 3 heteroatoms. The minimum absolute atomic E-state index is 0.255. The van der Waals surface area contributed by atoms with Gasteiger partial charge in [0, 0.05) is 17.1 Å². The van der Waals surface area contributed by atoms with Crippen molar-refractivity contribution in [2.75, 3.05) is 11.9 Å². The van der Waals surface area contributed by atoms with Crippen molar-refractivity contribution in [1.29, 1.82) is 0 Å². The van der Waals surface area contributed by atoms with E-state index in [1.165, 1.54) is 31.7 Å². The molecule has 0 aliphatic heterocycles. The second-order valence-corrected chi connectivity index (χ2v) is 4.68. The Kier molecular flexibility index (Phi) is 3.52. The summed E-state index contributed by atoms with van der Waals surface area (Å²) in [6, 6.07) is 5.08. The van der Waals surface area contributed by atoms with Crippen molar-refractivity contribution >= 4 is 18.3 Å². The van der Waals surface area contributed by atoms with Gasteiger partial charge in [-0.3, -0.25) is 0 Å². The van der Waals surface area contributed by atoms with Gasteiger partial charge in [-0.25, -0.2) is 4.39 Å². The molecule has 1 aromatic rings. The smallest absolute Gasteiger partial charge is 0.138 e. The first-order chi connectivity index (χ1) is 7.25. The second kappa shape index (κ2) is 4.88. The van der Waals surface area contributed by atoms with Crippen molar-refractivity contribution in [3.05, 3.63) is 24.0 Å². The highest BCUT2D eigenvalue weighted by atomic mass is 32.1. The van der Waals surface area contributed by atoms with Crippen molar-refractivity contribution in [1.82, 2.24) is 0 Å². The van der Waals surface area contributed by atoms with Gasteiger partial charge in [0.15, 0.2) is 0 Å². The lowest BCUT2D eigenvalue weighted by Crippen LogP contribution is -2.10. The van der Waals surface area contributed by atoms with Gasteiger partial charge in [-0.1, -0.05) is 12.8 Å². The Balaban J connectivity index is 1.90. The minimum atomic E-state index is -0.255. The molecule has 0 atom stereocenters. The van der Waals surface area contributed by atoms with Gasteiger partial charge in [-0.2, -0.15) is 0 Å². The third-order valence-electron chi connectivity index (χ3n) is 3.02. The standard InChI is InChI=1S/C12H16FNS/c13-11-7-10(5-6-12(11)15)14-8-9-3-1-2-4-9/h5-7,9,14-15H,1-4,8H2. The zero-order valence-electron chi connectivity index (χ0n) is 8.67. The van der Waals surface area contributed by atoms with Gasteiger partial charge in [-0.15, -0.1) is 12.6 Å². The molecule has 0 amide bonds. The van der Waals surface area contributed by atoms with E-state index in [-0.39, 0.29) is 5.82 Å². The molecule has 15 heavy (non-hydrogen) atoms. The second-order valence-electron chi connectivity index (χ2n) is 4.20. The summed E-state index contributed by atoms with van der Waals surface area (Å²) in [5, 5.41) is 3.28. The Bertz CT molecular complexity index is 334. The molecule has 0 aromatic heterocycles. The fourth-order valence-corrected chi connectivity index (χ4v) is 2.23. The fraction of sp³-hybridized carbons (Fsp3) is 0.500. The molecule has 2 rings (SSSR count). The average Bonchev–Trinajstić information content (AvgIpc) is 2.73. The molecule has 82 valence electrons. The molecular weight excluding hydrogens is 209 g/mol. The predicted molar refractivity (Wildman–Crippen MR) is 64.1 cm³/mol. The SMILES string of the molecule is Fc1cc(NCC2CCCC2)ccc1S. The van der Waals surface area contributed by atoms with Crippen molar-refractivity contribution in [2.24, 2.45) is 5.92 Å². The van der Waals surface area contributed by atoms with Crippen molar-refractivity contribution < 1.29 is 4.39 Å². The Morgan fingerprint density at radius 2 is 2.07 bits per heavy atom. The first-order valence-electron chi connectivity index (χ1n) is 5.48. The summed E-state index contributed by atoms with van der Waals surface area (Å²) in [7, 11) is 0. The van der Waals surface area contributed by atoms with E-state index in [0.717, 1.165) is 18.2 Å². The highest BCUT2D eigenvalue weighted by Gasteiger charge is 2.14. The molecule has 0 heterocycles. The molecule has 0 spiro atoms. The van der Waals surface area contributed by atoms with Gasteiger partial charge >= 0.3 is 0 Å². The maximum absolute atomic E-state index is 13.2. The average molecular weight is 225 g/mol. The molecular formula is C12H16FNS. The number of thiol groups is 1. The Morgan fingerprint density at radius 1 is 1.33 bits per heavy atom. The van der Waals surface area contributed by atoms with Gasteiger partial charge in [0.2, 0.25) is 0 Å². The van der Waals surface area contributed by atoms with Crippen LogP contribution in [-0.4, -0.2) is 6.54 Å². The molecule has 0 bridgehead atoms. The van der Waals surface area contributed by atoms with Gasteiger partial charge in [0.05, 0.1) is 0 Å². The first kappa shape index (κ1) is 10.8. The Hall–Kier alpha value is -0.700. The van der Waals surface area contributed by atoms with Gasteiger partial charge in [0.25, 0.3) is 0 Å². The van der Waals surface area contributed by atoms with Crippen molar-refractivity contribution in [3.63, 3.8) is 0 Å². The largest absolute Gasteiger partial charge is 0.385 e. The van der Waals surface area contributed by atoms with Crippen molar-refractivity contribution in [2.45, 2.75) is 30.6 Å². The van der Waals surface area contributed by atoms with Crippen LogP contribution in [0.25, 0.3) is 0 Å². The topological polar surface area (TPSA) is 12.0 Å². The van der Waals surface area contributed by atoms with Gasteiger partial charge < -0.3 is 5.32 Å². The quantitative estimate of drug-likeness (QED) is 0.747. The minimum Gasteiger partial charge on any atom is -0.385 e. The highest BCUT2D eigenvalue weighted by molar-refractivity contribution is 7.80. The van der Waals surface area contributed by atoms with Crippen LogP contribution in [0, 0.1) is 11.7 Å². The van der Waals surface area contributed by atoms with E-state index in [1.807, 2.05) is 6.07 Å². The molecule has 1 saturated carbocycles. The summed E-state index contributed by atoms with van der Waals surface area (Å²) < 4.78 is 13.2. The zero-order valence-corrected chi connectivity index (χ0v) is 9.56. The maximum atomic E-state index is 13.2. The van der Waals surface area contributed by atoms with E-state index in [9.17, 15) is 4.39 Å². The van der Waals surface area contributed by atoms with Crippen LogP contribution in [0.4, 0.5) is 10.1 Å². The Morgan fingerprint density at radius 3 is 2.73 bits per heavy atom. The van der Waals surface area contributed by atoms with Crippen LogP contribution in [0.5, 0.6) is 0 Å². The van der Waals surface area contributed by atoms with Gasteiger partial charge in [-0.05, 0) is 37.0 Å². The summed E-state index contributed by atoms with van der Waals surface area (Å²) >= 11 is 4.00. The van der Waals surface area contributed by atoms with Crippen LogP contribution in [-0.2, 0) is 0 Å². The third kappa shape index (κ3) is 2.88. The van der Waals surface area contributed by atoms with Crippen LogP contribution in [0.1, 0.15) is 25.7 Å². The Labute approximate surface area is 95.5 Å². The third-order valence-corrected chi connectivity index (χ3v) is 3.38. The number of benzene rings is 1. The molecule has 0 saturated heterocycles. The maximum Gasteiger partial charge on any atom is 0.138 e. The molecule has 0 radical (unpaired) electrons. The molecule has 1 nitrogen and oxygen atoms in total. The predicted octanol–water partition coefficient (Wildman–Crippen LogP) is 3.72. The normalized spacial score (nSPS) is 16.9. The van der Waals surface area contributed by atoms with E-state index in [0.29, 0.717) is 4.90 Å². The number of nitrogens with one attached hydrogen (secondary N) is 1. The van der Waals surface area contributed by atoms with E-state index in [2.05, 4.69) is 17.9 Å². The van der Waals surface area contributed by atoms with Crippen LogP contribution < -0.4 is 5.32 Å². The number of hydrogen-bond acceptors (Lipinski definition) is 2.